The largest absolute Gasteiger partial charge is 0.486 e. The molecule has 0 radical (unpaired) electrons. The normalized spacial score (nSPS) is 14.2. The van der Waals surface area contributed by atoms with Gasteiger partial charge >= 0.3 is 0 Å². The molecule has 0 aliphatic carbocycles. The molecule has 0 spiro atoms. The summed E-state index contributed by atoms with van der Waals surface area (Å²) in [5, 5.41) is 3.57. The number of nitrogens with zero attached hydrogens (tertiary/aromatic N) is 1. The van der Waals surface area contributed by atoms with E-state index in [0.717, 1.165) is 32.8 Å². The average Bonchev–Trinajstić information content (AvgIpc) is 3.00. The van der Waals surface area contributed by atoms with E-state index in [4.69, 9.17) is 15.2 Å². The number of carbonyl (C=O) groups excluding carboxylic acids is 1. The topological polar surface area (TPSA) is 86.5 Å². The standard InChI is InChI=1S/C19H19N3O3S/c1-11(13-3-5-15-16(10-13)25-7-6-24-15)21-18(23)9-12-2-4-14-17(8-12)26-19(20)22-14/h2-5,8,10-11H,6-7,9H2,1H3,(H2,20,22)(H,21,23)/t11-/m0/s1. The van der Waals surface area contributed by atoms with Gasteiger partial charge in [0.25, 0.3) is 0 Å². The van der Waals surface area contributed by atoms with Gasteiger partial charge in [0.1, 0.15) is 13.2 Å². The highest BCUT2D eigenvalue weighted by molar-refractivity contribution is 7.22. The van der Waals surface area contributed by atoms with Crippen molar-refractivity contribution in [2.24, 2.45) is 0 Å². The summed E-state index contributed by atoms with van der Waals surface area (Å²) in [6, 6.07) is 11.4. The lowest BCUT2D eigenvalue weighted by atomic mass is 10.1. The van der Waals surface area contributed by atoms with Gasteiger partial charge in [-0.1, -0.05) is 23.5 Å². The van der Waals surface area contributed by atoms with Crippen molar-refractivity contribution >= 4 is 32.6 Å². The van der Waals surface area contributed by atoms with Crippen molar-refractivity contribution in [3.63, 3.8) is 0 Å². The number of benzene rings is 2. The predicted molar refractivity (Wildman–Crippen MR) is 102 cm³/mol. The number of fused-ring (bicyclic) bond motifs is 2. The summed E-state index contributed by atoms with van der Waals surface area (Å²) >= 11 is 1.43. The molecule has 6 nitrogen and oxygen atoms in total. The molecule has 1 atom stereocenters. The van der Waals surface area contributed by atoms with E-state index in [2.05, 4.69) is 10.3 Å². The zero-order chi connectivity index (χ0) is 18.1. The van der Waals surface area contributed by atoms with Crippen molar-refractivity contribution in [1.29, 1.82) is 0 Å². The van der Waals surface area contributed by atoms with E-state index in [-0.39, 0.29) is 11.9 Å². The number of anilines is 1. The molecule has 0 fully saturated rings. The molecule has 1 aliphatic rings. The zero-order valence-electron chi connectivity index (χ0n) is 14.3. The first-order valence-electron chi connectivity index (χ1n) is 8.42. The summed E-state index contributed by atoms with van der Waals surface area (Å²) in [6.45, 7) is 3.06. The Morgan fingerprint density at radius 2 is 2.04 bits per heavy atom. The lowest BCUT2D eigenvalue weighted by Gasteiger charge is -2.21. The van der Waals surface area contributed by atoms with Crippen molar-refractivity contribution in [3.8, 4) is 11.5 Å². The summed E-state index contributed by atoms with van der Waals surface area (Å²) in [5.41, 5.74) is 8.51. The lowest BCUT2D eigenvalue weighted by molar-refractivity contribution is -0.121. The van der Waals surface area contributed by atoms with E-state index < -0.39 is 0 Å². The van der Waals surface area contributed by atoms with Crippen LogP contribution in [-0.2, 0) is 11.2 Å². The van der Waals surface area contributed by atoms with Gasteiger partial charge in [0, 0.05) is 0 Å². The Morgan fingerprint density at radius 3 is 2.88 bits per heavy atom. The van der Waals surface area contributed by atoms with Crippen molar-refractivity contribution < 1.29 is 14.3 Å². The molecule has 0 unspecified atom stereocenters. The second-order valence-corrected chi connectivity index (χ2v) is 7.29. The van der Waals surface area contributed by atoms with Gasteiger partial charge in [-0.3, -0.25) is 4.79 Å². The number of aromatic nitrogens is 1. The molecular formula is C19H19N3O3S. The fraction of sp³-hybridized carbons (Fsp3) is 0.263. The number of thiazole rings is 1. The molecular weight excluding hydrogens is 350 g/mol. The Morgan fingerprint density at radius 1 is 1.23 bits per heavy atom. The minimum absolute atomic E-state index is 0.0378. The maximum Gasteiger partial charge on any atom is 0.224 e. The number of nitrogens with two attached hydrogens (primary N) is 1. The van der Waals surface area contributed by atoms with E-state index >= 15 is 0 Å². The molecule has 134 valence electrons. The van der Waals surface area contributed by atoms with Crippen LogP contribution >= 0.6 is 11.3 Å². The van der Waals surface area contributed by atoms with Crippen molar-refractivity contribution in [1.82, 2.24) is 10.3 Å². The van der Waals surface area contributed by atoms with Crippen LogP contribution in [0.25, 0.3) is 10.2 Å². The molecule has 0 saturated heterocycles. The first-order valence-corrected chi connectivity index (χ1v) is 9.24. The van der Waals surface area contributed by atoms with Crippen LogP contribution in [0.4, 0.5) is 5.13 Å². The average molecular weight is 369 g/mol. The van der Waals surface area contributed by atoms with Gasteiger partial charge in [-0.15, -0.1) is 0 Å². The van der Waals surface area contributed by atoms with Gasteiger partial charge in [-0.25, -0.2) is 4.98 Å². The van der Waals surface area contributed by atoms with Crippen LogP contribution in [0.3, 0.4) is 0 Å². The molecule has 1 amide bonds. The van der Waals surface area contributed by atoms with E-state index in [9.17, 15) is 4.79 Å². The second kappa shape index (κ2) is 6.84. The van der Waals surface area contributed by atoms with Crippen LogP contribution < -0.4 is 20.5 Å². The van der Waals surface area contributed by atoms with Crippen LogP contribution in [0.5, 0.6) is 11.5 Å². The van der Waals surface area contributed by atoms with E-state index in [1.54, 1.807) is 0 Å². The highest BCUT2D eigenvalue weighted by atomic mass is 32.1. The van der Waals surface area contributed by atoms with Crippen LogP contribution in [0.2, 0.25) is 0 Å². The molecule has 26 heavy (non-hydrogen) atoms. The first kappa shape index (κ1) is 16.7. The Bertz CT molecular complexity index is 970. The SMILES string of the molecule is C[C@H](NC(=O)Cc1ccc2nc(N)sc2c1)c1ccc2c(c1)OCCO2. The van der Waals surface area contributed by atoms with Crippen LogP contribution in [-0.4, -0.2) is 24.1 Å². The highest BCUT2D eigenvalue weighted by Gasteiger charge is 2.16. The van der Waals surface area contributed by atoms with E-state index in [1.165, 1.54) is 11.3 Å². The fourth-order valence-corrected chi connectivity index (χ4v) is 3.79. The molecule has 7 heteroatoms. The summed E-state index contributed by atoms with van der Waals surface area (Å²) in [6.07, 6.45) is 0.308. The smallest absolute Gasteiger partial charge is 0.224 e. The number of hydrogen-bond donors (Lipinski definition) is 2. The molecule has 3 aromatic rings. The van der Waals surface area contributed by atoms with Crippen molar-refractivity contribution in [3.05, 3.63) is 47.5 Å². The van der Waals surface area contributed by atoms with Crippen LogP contribution in [0.1, 0.15) is 24.1 Å². The Kier molecular flexibility index (Phi) is 4.38. The molecule has 2 heterocycles. The van der Waals surface area contributed by atoms with Gasteiger partial charge in [0.2, 0.25) is 5.91 Å². The molecule has 0 bridgehead atoms. The van der Waals surface area contributed by atoms with Crippen molar-refractivity contribution in [2.45, 2.75) is 19.4 Å². The zero-order valence-corrected chi connectivity index (χ0v) is 15.1. The Hall–Kier alpha value is -2.80. The maximum atomic E-state index is 12.4. The van der Waals surface area contributed by atoms with Gasteiger partial charge in [0.05, 0.1) is 22.7 Å². The van der Waals surface area contributed by atoms with Crippen LogP contribution in [0.15, 0.2) is 36.4 Å². The summed E-state index contributed by atoms with van der Waals surface area (Å²) in [4.78, 5) is 16.7. The van der Waals surface area contributed by atoms with Gasteiger partial charge < -0.3 is 20.5 Å². The molecule has 3 N–H and O–H groups in total. The number of rotatable bonds is 4. The van der Waals surface area contributed by atoms with Gasteiger partial charge in [0.15, 0.2) is 16.6 Å². The summed E-state index contributed by atoms with van der Waals surface area (Å²) < 4.78 is 12.1. The number of amides is 1. The molecule has 2 aromatic carbocycles. The molecule has 1 aliphatic heterocycles. The molecule has 0 saturated carbocycles. The minimum Gasteiger partial charge on any atom is -0.486 e. The lowest BCUT2D eigenvalue weighted by Crippen LogP contribution is -2.28. The summed E-state index contributed by atoms with van der Waals surface area (Å²) in [7, 11) is 0. The highest BCUT2D eigenvalue weighted by Crippen LogP contribution is 2.32. The fourth-order valence-electron chi connectivity index (χ4n) is 2.99. The van der Waals surface area contributed by atoms with E-state index in [1.807, 2.05) is 43.3 Å². The second-order valence-electron chi connectivity index (χ2n) is 6.22. The van der Waals surface area contributed by atoms with E-state index in [0.29, 0.717) is 24.8 Å². The first-order chi connectivity index (χ1) is 12.6. The van der Waals surface area contributed by atoms with Crippen LogP contribution in [0, 0.1) is 0 Å². The Labute approximate surface area is 154 Å². The van der Waals surface area contributed by atoms with Gasteiger partial charge in [-0.2, -0.15) is 0 Å². The summed E-state index contributed by atoms with van der Waals surface area (Å²) in [5.74, 6) is 1.43. The number of ether oxygens (including phenoxy) is 2. The van der Waals surface area contributed by atoms with Crippen molar-refractivity contribution in [2.75, 3.05) is 18.9 Å². The quantitative estimate of drug-likeness (QED) is 0.738. The number of nitrogens with one attached hydrogen (secondary N) is 1. The number of nitrogen functional groups attached to an aromatic ring is 1. The number of carbonyl (C=O) groups is 1. The molecule has 4 rings (SSSR count). The third-order valence-electron chi connectivity index (χ3n) is 4.28. The predicted octanol–water partition coefficient (Wildman–Crippen LogP) is 3.07. The minimum atomic E-state index is -0.124. The monoisotopic (exact) mass is 369 g/mol. The third kappa shape index (κ3) is 3.43. The van der Waals surface area contributed by atoms with Gasteiger partial charge in [-0.05, 0) is 42.3 Å². The third-order valence-corrected chi connectivity index (χ3v) is 5.13. The molecule has 1 aromatic heterocycles. The number of hydrogen-bond acceptors (Lipinski definition) is 6. The maximum absolute atomic E-state index is 12.4. The Balaban J connectivity index is 1.43.